The Labute approximate surface area is 144 Å². The molecule has 0 spiro atoms. The van der Waals surface area contributed by atoms with Crippen LogP contribution in [0, 0.1) is 0 Å². The first kappa shape index (κ1) is 14.2. The molecule has 0 unspecified atom stereocenters. The van der Waals surface area contributed by atoms with E-state index in [9.17, 15) is 19.2 Å². The van der Waals surface area contributed by atoms with E-state index < -0.39 is 23.6 Å². The maximum Gasteiger partial charge on any atom is 0.271 e. The summed E-state index contributed by atoms with van der Waals surface area (Å²) in [7, 11) is 2.83. The Morgan fingerprint density at radius 2 is 1.32 bits per heavy atom. The maximum atomic E-state index is 12.8. The first-order valence-corrected chi connectivity index (χ1v) is 8.26. The topological polar surface area (TPSA) is 87.7 Å². The lowest BCUT2D eigenvalue weighted by Gasteiger charge is -2.25. The van der Waals surface area contributed by atoms with Gasteiger partial charge in [-0.15, -0.1) is 11.3 Å². The van der Waals surface area contributed by atoms with Crippen molar-refractivity contribution in [2.45, 2.75) is 0 Å². The minimum absolute atomic E-state index is 0.311. The second-order valence-electron chi connectivity index (χ2n) is 6.02. The Morgan fingerprint density at radius 3 is 1.88 bits per heavy atom. The Kier molecular flexibility index (Phi) is 2.44. The first-order valence-electron chi connectivity index (χ1n) is 7.44. The number of aromatic nitrogens is 1. The zero-order chi connectivity index (χ0) is 17.6. The molecule has 4 amide bonds. The number of imide groups is 2. The molecule has 0 saturated carbocycles. The van der Waals surface area contributed by atoms with Crippen LogP contribution in [0.4, 0.5) is 0 Å². The van der Waals surface area contributed by atoms with Gasteiger partial charge in [-0.3, -0.25) is 34.0 Å². The number of hydrogen-bond donors (Lipinski definition) is 0. The third-order valence-corrected chi connectivity index (χ3v) is 5.97. The summed E-state index contributed by atoms with van der Waals surface area (Å²) < 4.78 is 0. The number of carbonyl (C=O) groups is 4. The van der Waals surface area contributed by atoms with Gasteiger partial charge in [0, 0.05) is 42.6 Å². The fourth-order valence-electron chi connectivity index (χ4n) is 3.56. The molecule has 0 radical (unpaired) electrons. The van der Waals surface area contributed by atoms with Crippen LogP contribution < -0.4 is 0 Å². The molecule has 7 nitrogen and oxygen atoms in total. The van der Waals surface area contributed by atoms with E-state index in [1.54, 1.807) is 6.07 Å². The van der Waals surface area contributed by atoms with Crippen LogP contribution in [0.1, 0.15) is 40.1 Å². The minimum atomic E-state index is -0.460. The van der Waals surface area contributed by atoms with Crippen molar-refractivity contribution in [3.63, 3.8) is 0 Å². The number of amides is 4. The summed E-state index contributed by atoms with van der Waals surface area (Å²) in [6.45, 7) is 0. The van der Waals surface area contributed by atoms with Crippen molar-refractivity contribution in [1.82, 2.24) is 14.8 Å². The van der Waals surface area contributed by atoms with Crippen LogP contribution in [0.2, 0.25) is 0 Å². The molecule has 4 heterocycles. The van der Waals surface area contributed by atoms with Crippen molar-refractivity contribution in [3.05, 3.63) is 39.3 Å². The molecule has 0 aliphatic carbocycles. The van der Waals surface area contributed by atoms with Crippen LogP contribution in [0.3, 0.4) is 0 Å². The highest BCUT2D eigenvalue weighted by Crippen LogP contribution is 2.46. The van der Waals surface area contributed by atoms with Gasteiger partial charge in [-0.05, 0) is 11.5 Å². The van der Waals surface area contributed by atoms with Crippen molar-refractivity contribution < 1.29 is 19.2 Å². The van der Waals surface area contributed by atoms with Crippen LogP contribution in [-0.4, -0.2) is 52.5 Å². The van der Waals surface area contributed by atoms with E-state index in [0.717, 1.165) is 21.1 Å². The van der Waals surface area contributed by atoms with Gasteiger partial charge in [0.1, 0.15) is 9.75 Å². The summed E-state index contributed by atoms with van der Waals surface area (Å²) in [5.41, 5.74) is 0.674. The van der Waals surface area contributed by atoms with Gasteiger partial charge >= 0.3 is 0 Å². The Morgan fingerprint density at radius 1 is 0.800 bits per heavy atom. The lowest BCUT2D eigenvalue weighted by molar-refractivity contribution is 0.0638. The van der Waals surface area contributed by atoms with Crippen molar-refractivity contribution in [2.75, 3.05) is 14.1 Å². The maximum absolute atomic E-state index is 12.8. The monoisotopic (exact) mass is 351 g/mol. The van der Waals surface area contributed by atoms with Gasteiger partial charge in [-0.25, -0.2) is 0 Å². The smallest absolute Gasteiger partial charge is 0.271 e. The SMILES string of the molecule is CN1C(=O)c2sc3c4c(c5cnccc5c(c24)C1=O)C(=O)N(C)C3=O. The summed E-state index contributed by atoms with van der Waals surface area (Å²) >= 11 is 1.03. The van der Waals surface area contributed by atoms with Gasteiger partial charge < -0.3 is 0 Å². The number of nitrogens with zero attached hydrogens (tertiary/aromatic N) is 3. The van der Waals surface area contributed by atoms with Crippen molar-refractivity contribution in [1.29, 1.82) is 0 Å². The van der Waals surface area contributed by atoms with E-state index in [2.05, 4.69) is 4.98 Å². The molecule has 2 aliphatic rings. The van der Waals surface area contributed by atoms with Crippen molar-refractivity contribution >= 4 is 56.5 Å². The average Bonchev–Trinajstić information content (AvgIpc) is 3.01. The predicted octanol–water partition coefficient (Wildman–Crippen LogP) is 1.90. The zero-order valence-corrected chi connectivity index (χ0v) is 13.9. The van der Waals surface area contributed by atoms with Crippen molar-refractivity contribution in [2.24, 2.45) is 0 Å². The third-order valence-electron chi connectivity index (χ3n) is 4.80. The minimum Gasteiger partial charge on any atom is -0.277 e. The Balaban J connectivity index is 2.15. The molecular weight excluding hydrogens is 342 g/mol. The number of hydrogen-bond acceptors (Lipinski definition) is 6. The molecule has 2 aromatic heterocycles. The van der Waals surface area contributed by atoms with Gasteiger partial charge in [-0.1, -0.05) is 0 Å². The second-order valence-corrected chi connectivity index (χ2v) is 7.04. The van der Waals surface area contributed by atoms with Crippen LogP contribution in [0.5, 0.6) is 0 Å². The third kappa shape index (κ3) is 1.44. The molecular formula is C17H9N3O4S. The van der Waals surface area contributed by atoms with Gasteiger partial charge in [0.2, 0.25) is 0 Å². The van der Waals surface area contributed by atoms with Crippen LogP contribution >= 0.6 is 11.3 Å². The molecule has 0 N–H and O–H groups in total. The summed E-state index contributed by atoms with van der Waals surface area (Å²) in [5, 5.41) is 1.88. The quantitative estimate of drug-likeness (QED) is 0.577. The highest BCUT2D eigenvalue weighted by atomic mass is 32.1. The lowest BCUT2D eigenvalue weighted by Crippen LogP contribution is -2.38. The summed E-state index contributed by atoms with van der Waals surface area (Å²) in [6.07, 6.45) is 3.06. The average molecular weight is 351 g/mol. The molecule has 0 saturated heterocycles. The van der Waals surface area contributed by atoms with E-state index in [0.29, 0.717) is 42.4 Å². The summed E-state index contributed by atoms with van der Waals surface area (Å²) in [4.78, 5) is 57.5. The summed E-state index contributed by atoms with van der Waals surface area (Å²) in [5.74, 6) is -1.81. The number of fused-ring (bicyclic) bond motifs is 3. The highest BCUT2D eigenvalue weighted by molar-refractivity contribution is 7.18. The number of benzene rings is 1. The Bertz CT molecular complexity index is 1120. The fourth-order valence-corrected chi connectivity index (χ4v) is 4.82. The normalized spacial score (nSPS) is 16.6. The number of pyridine rings is 1. The number of thiophene rings is 1. The van der Waals surface area contributed by atoms with E-state index in [1.165, 1.54) is 26.5 Å². The standard InChI is InChI=1S/C17H9N3O4S/c1-19-14(21)8-6-3-4-18-5-7(6)9-11-10(8)12(16(19)23)25-13(11)17(24)20(2)15(9)22/h3-5H,1-2H3. The molecule has 2 aliphatic heterocycles. The van der Waals surface area contributed by atoms with Crippen LogP contribution in [0.25, 0.3) is 21.5 Å². The van der Waals surface area contributed by atoms with Gasteiger partial charge in [-0.2, -0.15) is 0 Å². The molecule has 3 aromatic rings. The zero-order valence-electron chi connectivity index (χ0n) is 13.1. The summed E-state index contributed by atoms with van der Waals surface area (Å²) in [6, 6.07) is 1.66. The molecule has 8 heteroatoms. The van der Waals surface area contributed by atoms with E-state index >= 15 is 0 Å². The van der Waals surface area contributed by atoms with E-state index in [-0.39, 0.29) is 0 Å². The fraction of sp³-hybridized carbons (Fsp3) is 0.118. The number of carbonyl (C=O) groups excluding carboxylic acids is 4. The van der Waals surface area contributed by atoms with Crippen LogP contribution in [0.15, 0.2) is 18.5 Å². The van der Waals surface area contributed by atoms with E-state index in [1.807, 2.05) is 0 Å². The lowest BCUT2D eigenvalue weighted by atomic mass is 9.88. The molecule has 0 bridgehead atoms. The molecule has 122 valence electrons. The van der Waals surface area contributed by atoms with Gasteiger partial charge in [0.15, 0.2) is 0 Å². The van der Waals surface area contributed by atoms with E-state index in [4.69, 9.17) is 0 Å². The van der Waals surface area contributed by atoms with Crippen molar-refractivity contribution in [3.8, 4) is 0 Å². The molecule has 1 aromatic carbocycles. The molecule has 0 atom stereocenters. The first-order chi connectivity index (χ1) is 11.9. The number of rotatable bonds is 0. The van der Waals surface area contributed by atoms with Gasteiger partial charge in [0.25, 0.3) is 23.6 Å². The molecule has 0 fully saturated rings. The highest BCUT2D eigenvalue weighted by Gasteiger charge is 2.42. The predicted molar refractivity (Wildman–Crippen MR) is 90.0 cm³/mol. The Hall–Kier alpha value is -3.13. The van der Waals surface area contributed by atoms with Gasteiger partial charge in [0.05, 0.1) is 11.1 Å². The second kappa shape index (κ2) is 4.28. The van der Waals surface area contributed by atoms with Crippen LogP contribution in [-0.2, 0) is 0 Å². The molecule has 25 heavy (non-hydrogen) atoms. The molecule has 5 rings (SSSR count). The largest absolute Gasteiger partial charge is 0.277 e.